The molecule has 0 spiro atoms. The Morgan fingerprint density at radius 1 is 1.22 bits per heavy atom. The summed E-state index contributed by atoms with van der Waals surface area (Å²) in [5.41, 5.74) is 3.35. The van der Waals surface area contributed by atoms with Crippen LogP contribution in [0.2, 0.25) is 0 Å². The molecular formula is C18H23N3OS. The van der Waals surface area contributed by atoms with Gasteiger partial charge in [0.15, 0.2) is 0 Å². The van der Waals surface area contributed by atoms with Gasteiger partial charge in [0.05, 0.1) is 4.88 Å². The molecule has 1 aromatic carbocycles. The van der Waals surface area contributed by atoms with Crippen molar-refractivity contribution in [3.05, 3.63) is 46.2 Å². The van der Waals surface area contributed by atoms with Crippen LogP contribution in [-0.2, 0) is 0 Å². The molecule has 1 aromatic heterocycles. The molecule has 0 atom stereocenters. The molecule has 0 aliphatic carbocycles. The number of nitrogens with one attached hydrogen (secondary N) is 2. The zero-order valence-corrected chi connectivity index (χ0v) is 14.3. The maximum Gasteiger partial charge on any atom is 0.262 e. The van der Waals surface area contributed by atoms with E-state index < -0.39 is 0 Å². The summed E-state index contributed by atoms with van der Waals surface area (Å²) in [6, 6.07) is 10.3. The van der Waals surface area contributed by atoms with E-state index in [9.17, 15) is 4.79 Å². The second-order valence-electron chi connectivity index (χ2n) is 5.88. The highest BCUT2D eigenvalue weighted by Gasteiger charge is 2.15. The first-order chi connectivity index (χ1) is 11.2. The first-order valence-corrected chi connectivity index (χ1v) is 8.98. The molecule has 1 amide bonds. The van der Waals surface area contributed by atoms with E-state index in [0.29, 0.717) is 6.54 Å². The van der Waals surface area contributed by atoms with Gasteiger partial charge in [-0.3, -0.25) is 9.69 Å². The second kappa shape index (κ2) is 7.73. The van der Waals surface area contributed by atoms with E-state index in [4.69, 9.17) is 0 Å². The Morgan fingerprint density at radius 2 is 1.96 bits per heavy atom. The van der Waals surface area contributed by atoms with Crippen LogP contribution in [0.15, 0.2) is 35.7 Å². The van der Waals surface area contributed by atoms with E-state index in [0.717, 1.165) is 48.7 Å². The SMILES string of the molecule is Cc1ccc(-c2ccsc2C(=O)NCCN2CCNCC2)cc1. The second-order valence-corrected chi connectivity index (χ2v) is 6.79. The zero-order valence-electron chi connectivity index (χ0n) is 13.5. The number of carbonyl (C=O) groups excluding carboxylic acids is 1. The quantitative estimate of drug-likeness (QED) is 0.885. The van der Waals surface area contributed by atoms with Gasteiger partial charge >= 0.3 is 0 Å². The van der Waals surface area contributed by atoms with Gasteiger partial charge in [-0.25, -0.2) is 0 Å². The summed E-state index contributed by atoms with van der Waals surface area (Å²) in [7, 11) is 0. The Bertz CT molecular complexity index is 645. The standard InChI is InChI=1S/C18H23N3OS/c1-14-2-4-15(5-3-14)16-6-13-23-17(16)18(22)20-9-12-21-10-7-19-8-11-21/h2-6,13,19H,7-12H2,1H3,(H,20,22). The molecule has 122 valence electrons. The summed E-state index contributed by atoms with van der Waals surface area (Å²) in [5.74, 6) is 0.0331. The van der Waals surface area contributed by atoms with Crippen molar-refractivity contribution in [2.24, 2.45) is 0 Å². The monoisotopic (exact) mass is 329 g/mol. The number of nitrogens with zero attached hydrogens (tertiary/aromatic N) is 1. The van der Waals surface area contributed by atoms with Gasteiger partial charge in [-0.15, -0.1) is 11.3 Å². The number of hydrogen-bond acceptors (Lipinski definition) is 4. The lowest BCUT2D eigenvalue weighted by molar-refractivity contribution is 0.0952. The van der Waals surface area contributed by atoms with Crippen molar-refractivity contribution in [1.82, 2.24) is 15.5 Å². The molecule has 0 unspecified atom stereocenters. The largest absolute Gasteiger partial charge is 0.350 e. The Labute approximate surface area is 141 Å². The molecule has 1 saturated heterocycles. The molecule has 2 N–H and O–H groups in total. The molecule has 1 aliphatic rings. The maximum absolute atomic E-state index is 12.5. The molecule has 4 nitrogen and oxygen atoms in total. The number of carbonyl (C=O) groups is 1. The fourth-order valence-corrected chi connectivity index (χ4v) is 3.62. The fraction of sp³-hybridized carbons (Fsp3) is 0.389. The number of piperazine rings is 1. The van der Waals surface area contributed by atoms with Crippen LogP contribution in [0.5, 0.6) is 0 Å². The fourth-order valence-electron chi connectivity index (χ4n) is 2.79. The van der Waals surface area contributed by atoms with Crippen LogP contribution in [0, 0.1) is 6.92 Å². The lowest BCUT2D eigenvalue weighted by Crippen LogP contribution is -2.46. The Morgan fingerprint density at radius 3 is 2.70 bits per heavy atom. The van der Waals surface area contributed by atoms with Gasteiger partial charge in [0.2, 0.25) is 0 Å². The highest BCUT2D eigenvalue weighted by molar-refractivity contribution is 7.12. The number of hydrogen-bond donors (Lipinski definition) is 2. The van der Waals surface area contributed by atoms with Crippen LogP contribution in [-0.4, -0.2) is 50.1 Å². The summed E-state index contributed by atoms with van der Waals surface area (Å²) >= 11 is 1.51. The van der Waals surface area contributed by atoms with Crippen molar-refractivity contribution in [3.8, 4) is 11.1 Å². The molecule has 0 saturated carbocycles. The normalized spacial score (nSPS) is 15.5. The highest BCUT2D eigenvalue weighted by atomic mass is 32.1. The summed E-state index contributed by atoms with van der Waals surface area (Å²) < 4.78 is 0. The third-order valence-electron chi connectivity index (χ3n) is 4.16. The molecule has 2 heterocycles. The third-order valence-corrected chi connectivity index (χ3v) is 5.07. The summed E-state index contributed by atoms with van der Waals surface area (Å²) in [4.78, 5) is 15.7. The Kier molecular flexibility index (Phi) is 5.43. The molecule has 0 radical (unpaired) electrons. The van der Waals surface area contributed by atoms with E-state index in [2.05, 4.69) is 46.7 Å². The van der Waals surface area contributed by atoms with Crippen LogP contribution in [0.25, 0.3) is 11.1 Å². The number of benzene rings is 1. The highest BCUT2D eigenvalue weighted by Crippen LogP contribution is 2.28. The van der Waals surface area contributed by atoms with Crippen molar-refractivity contribution < 1.29 is 4.79 Å². The molecule has 1 fully saturated rings. The number of rotatable bonds is 5. The van der Waals surface area contributed by atoms with E-state index >= 15 is 0 Å². The Hall–Kier alpha value is -1.69. The van der Waals surface area contributed by atoms with Gasteiger partial charge in [0, 0.05) is 44.8 Å². The molecule has 0 bridgehead atoms. The zero-order chi connectivity index (χ0) is 16.1. The molecule has 1 aliphatic heterocycles. The van der Waals surface area contributed by atoms with Crippen LogP contribution in [0.4, 0.5) is 0 Å². The van der Waals surface area contributed by atoms with Gasteiger partial charge in [-0.1, -0.05) is 29.8 Å². The average molecular weight is 329 g/mol. The predicted molar refractivity (Wildman–Crippen MR) is 96.1 cm³/mol. The summed E-state index contributed by atoms with van der Waals surface area (Å²) in [5, 5.41) is 8.39. The van der Waals surface area contributed by atoms with Crippen molar-refractivity contribution in [3.63, 3.8) is 0 Å². The summed E-state index contributed by atoms with van der Waals surface area (Å²) in [6.45, 7) is 7.88. The molecule has 5 heteroatoms. The number of aryl methyl sites for hydroxylation is 1. The average Bonchev–Trinajstić information content (AvgIpc) is 3.06. The minimum Gasteiger partial charge on any atom is -0.350 e. The number of thiophene rings is 1. The minimum atomic E-state index is 0.0331. The van der Waals surface area contributed by atoms with Crippen LogP contribution < -0.4 is 10.6 Å². The van der Waals surface area contributed by atoms with Crippen molar-refractivity contribution in [2.45, 2.75) is 6.92 Å². The van der Waals surface area contributed by atoms with Crippen molar-refractivity contribution in [1.29, 1.82) is 0 Å². The van der Waals surface area contributed by atoms with Crippen LogP contribution in [0.3, 0.4) is 0 Å². The molecule has 3 rings (SSSR count). The van der Waals surface area contributed by atoms with Crippen molar-refractivity contribution >= 4 is 17.2 Å². The van der Waals surface area contributed by atoms with E-state index in [-0.39, 0.29) is 5.91 Å². The van der Waals surface area contributed by atoms with Gasteiger partial charge in [-0.2, -0.15) is 0 Å². The lowest BCUT2D eigenvalue weighted by atomic mass is 10.0. The molecule has 23 heavy (non-hydrogen) atoms. The van der Waals surface area contributed by atoms with E-state index in [1.807, 2.05) is 11.4 Å². The third kappa shape index (κ3) is 4.19. The van der Waals surface area contributed by atoms with Gasteiger partial charge < -0.3 is 10.6 Å². The van der Waals surface area contributed by atoms with Crippen LogP contribution in [0.1, 0.15) is 15.2 Å². The van der Waals surface area contributed by atoms with E-state index in [1.165, 1.54) is 16.9 Å². The van der Waals surface area contributed by atoms with Gasteiger partial charge in [-0.05, 0) is 23.9 Å². The topological polar surface area (TPSA) is 44.4 Å². The lowest BCUT2D eigenvalue weighted by Gasteiger charge is -2.27. The summed E-state index contributed by atoms with van der Waals surface area (Å²) in [6.07, 6.45) is 0. The first-order valence-electron chi connectivity index (χ1n) is 8.10. The first kappa shape index (κ1) is 16.2. The maximum atomic E-state index is 12.5. The van der Waals surface area contributed by atoms with Crippen molar-refractivity contribution in [2.75, 3.05) is 39.3 Å². The van der Waals surface area contributed by atoms with Gasteiger partial charge in [0.25, 0.3) is 5.91 Å². The minimum absolute atomic E-state index is 0.0331. The smallest absolute Gasteiger partial charge is 0.262 e. The molecular weight excluding hydrogens is 306 g/mol. The number of amides is 1. The Balaban J connectivity index is 1.59. The van der Waals surface area contributed by atoms with Crippen LogP contribution >= 0.6 is 11.3 Å². The molecule has 2 aromatic rings. The van der Waals surface area contributed by atoms with Gasteiger partial charge in [0.1, 0.15) is 0 Å². The predicted octanol–water partition coefficient (Wildman–Crippen LogP) is 2.36. The van der Waals surface area contributed by atoms with E-state index in [1.54, 1.807) is 0 Å².